The maximum absolute atomic E-state index is 11.3. The van der Waals surface area contributed by atoms with Gasteiger partial charge in [0.2, 0.25) is 5.91 Å². The van der Waals surface area contributed by atoms with Crippen molar-refractivity contribution in [2.45, 2.75) is 13.5 Å². The third-order valence-electron chi connectivity index (χ3n) is 1.58. The van der Waals surface area contributed by atoms with Crippen LogP contribution in [0.4, 0.5) is 4.79 Å². The van der Waals surface area contributed by atoms with Crippen LogP contribution in [0.15, 0.2) is 17.5 Å². The number of rotatable bonds is 2. The van der Waals surface area contributed by atoms with Crippen molar-refractivity contribution in [2.24, 2.45) is 0 Å². The lowest BCUT2D eigenvalue weighted by Crippen LogP contribution is -2.44. The Balaban J connectivity index is 2.64. The molecule has 0 aliphatic rings. The van der Waals surface area contributed by atoms with E-state index >= 15 is 0 Å². The molecule has 0 aliphatic heterocycles. The van der Waals surface area contributed by atoms with Crippen molar-refractivity contribution in [3.05, 3.63) is 22.4 Å². The molecule has 0 unspecified atom stereocenters. The van der Waals surface area contributed by atoms with Crippen molar-refractivity contribution in [3.8, 4) is 0 Å². The molecule has 0 aliphatic carbocycles. The van der Waals surface area contributed by atoms with E-state index in [1.165, 1.54) is 25.4 Å². The van der Waals surface area contributed by atoms with Gasteiger partial charge in [-0.05, 0) is 11.4 Å². The van der Waals surface area contributed by atoms with Gasteiger partial charge in [0, 0.05) is 11.8 Å². The average Bonchev–Trinajstić information content (AvgIpc) is 2.67. The number of carbonyl (C=O) groups excluding carboxylic acids is 2. The van der Waals surface area contributed by atoms with Crippen LogP contribution in [0.1, 0.15) is 11.8 Å². The van der Waals surface area contributed by atoms with Gasteiger partial charge in [0.15, 0.2) is 0 Å². The Bertz CT molecular complexity index is 337. The van der Waals surface area contributed by atoms with Crippen LogP contribution in [0, 0.1) is 0 Å². The summed E-state index contributed by atoms with van der Waals surface area (Å²) >= 11 is 1.51. The molecule has 82 valence electrons. The quantitative estimate of drug-likeness (QED) is 0.778. The van der Waals surface area contributed by atoms with Gasteiger partial charge in [0.25, 0.3) is 0 Å². The first kappa shape index (κ1) is 11.5. The highest BCUT2D eigenvalue weighted by atomic mass is 32.1. The Kier molecular flexibility index (Phi) is 4.11. The maximum atomic E-state index is 11.3. The highest BCUT2D eigenvalue weighted by Gasteiger charge is 2.15. The fraction of sp³-hybridized carbons (Fsp3) is 0.333. The zero-order chi connectivity index (χ0) is 11.3. The molecule has 6 heteroatoms. The van der Waals surface area contributed by atoms with E-state index in [9.17, 15) is 9.59 Å². The molecule has 1 rings (SSSR count). The van der Waals surface area contributed by atoms with Crippen LogP contribution in [0.5, 0.6) is 0 Å². The highest BCUT2D eigenvalue weighted by Crippen LogP contribution is 2.11. The summed E-state index contributed by atoms with van der Waals surface area (Å²) in [7, 11) is 1.27. The second-order valence-electron chi connectivity index (χ2n) is 2.80. The Hall–Kier alpha value is -1.56. The first-order valence-corrected chi connectivity index (χ1v) is 5.16. The Labute approximate surface area is 91.6 Å². The van der Waals surface area contributed by atoms with E-state index in [0.717, 1.165) is 9.89 Å². The summed E-state index contributed by atoms with van der Waals surface area (Å²) in [4.78, 5) is 23.1. The van der Waals surface area contributed by atoms with E-state index in [1.807, 2.05) is 17.5 Å². The number of nitrogens with zero attached hydrogens (tertiary/aromatic N) is 1. The van der Waals surface area contributed by atoms with Crippen LogP contribution in [-0.2, 0) is 16.1 Å². The third kappa shape index (κ3) is 3.59. The van der Waals surface area contributed by atoms with Crippen molar-refractivity contribution in [3.63, 3.8) is 0 Å². The summed E-state index contributed by atoms with van der Waals surface area (Å²) in [6.07, 6.45) is -0.585. The van der Waals surface area contributed by atoms with Crippen molar-refractivity contribution >= 4 is 23.3 Å². The summed E-state index contributed by atoms with van der Waals surface area (Å²) < 4.78 is 4.54. The largest absolute Gasteiger partial charge is 0.452 e. The maximum Gasteiger partial charge on any atom is 0.428 e. The van der Waals surface area contributed by atoms with Gasteiger partial charge in [0.1, 0.15) is 0 Å². The molecule has 1 N–H and O–H groups in total. The second-order valence-corrected chi connectivity index (χ2v) is 3.84. The van der Waals surface area contributed by atoms with Crippen molar-refractivity contribution in [1.82, 2.24) is 10.4 Å². The second kappa shape index (κ2) is 5.35. The number of hydrogen-bond donors (Lipinski definition) is 1. The molecule has 1 heterocycles. The minimum absolute atomic E-state index is 0.308. The lowest BCUT2D eigenvalue weighted by molar-refractivity contribution is -0.123. The summed E-state index contributed by atoms with van der Waals surface area (Å²) in [6.45, 7) is 1.65. The van der Waals surface area contributed by atoms with E-state index < -0.39 is 6.09 Å². The number of amides is 2. The molecule has 0 spiro atoms. The highest BCUT2D eigenvalue weighted by molar-refractivity contribution is 7.09. The van der Waals surface area contributed by atoms with Gasteiger partial charge in [-0.25, -0.2) is 9.80 Å². The normalized spacial score (nSPS) is 9.47. The number of thiophene rings is 1. The number of methoxy groups -OCH3 is 1. The summed E-state index contributed by atoms with van der Waals surface area (Å²) in [6, 6.07) is 3.76. The number of hydrazine groups is 1. The molecule has 0 radical (unpaired) electrons. The Morgan fingerprint density at radius 3 is 2.80 bits per heavy atom. The van der Waals surface area contributed by atoms with E-state index in [-0.39, 0.29) is 5.91 Å². The minimum atomic E-state index is -0.585. The fourth-order valence-corrected chi connectivity index (χ4v) is 1.70. The van der Waals surface area contributed by atoms with Crippen LogP contribution in [0.2, 0.25) is 0 Å². The lowest BCUT2D eigenvalue weighted by atomic mass is 10.4. The molecule has 0 fully saturated rings. The smallest absolute Gasteiger partial charge is 0.428 e. The van der Waals surface area contributed by atoms with Crippen molar-refractivity contribution < 1.29 is 14.3 Å². The minimum Gasteiger partial charge on any atom is -0.452 e. The molecule has 0 saturated heterocycles. The average molecular weight is 228 g/mol. The monoisotopic (exact) mass is 228 g/mol. The molecule has 15 heavy (non-hydrogen) atoms. The number of nitrogens with one attached hydrogen (secondary N) is 1. The standard InChI is InChI=1S/C9H12N2O3S/c1-7(12)10-11(9(13)14-2)6-8-4-3-5-15-8/h3-5H,6H2,1-2H3,(H,10,12). The van der Waals surface area contributed by atoms with E-state index in [2.05, 4.69) is 10.2 Å². The van der Waals surface area contributed by atoms with Crippen LogP contribution in [0.3, 0.4) is 0 Å². The van der Waals surface area contributed by atoms with Gasteiger partial charge >= 0.3 is 6.09 Å². The van der Waals surface area contributed by atoms with Crippen LogP contribution in [-0.4, -0.2) is 24.1 Å². The molecule has 1 aromatic rings. The van der Waals surface area contributed by atoms with Crippen LogP contribution in [0.25, 0.3) is 0 Å². The molecular formula is C9H12N2O3S. The number of ether oxygens (including phenoxy) is 1. The van der Waals surface area contributed by atoms with Crippen molar-refractivity contribution in [2.75, 3.05) is 7.11 Å². The zero-order valence-electron chi connectivity index (χ0n) is 8.52. The molecule has 0 bridgehead atoms. The van der Waals surface area contributed by atoms with E-state index in [0.29, 0.717) is 6.54 Å². The lowest BCUT2D eigenvalue weighted by Gasteiger charge is -2.19. The first-order valence-electron chi connectivity index (χ1n) is 4.28. The van der Waals surface area contributed by atoms with E-state index in [4.69, 9.17) is 0 Å². The van der Waals surface area contributed by atoms with Crippen LogP contribution < -0.4 is 5.43 Å². The molecule has 5 nitrogen and oxygen atoms in total. The predicted octanol–water partition coefficient (Wildman–Crippen LogP) is 1.37. The zero-order valence-corrected chi connectivity index (χ0v) is 9.34. The first-order chi connectivity index (χ1) is 7.13. The summed E-state index contributed by atoms with van der Waals surface area (Å²) in [5.41, 5.74) is 2.40. The molecule has 0 saturated carbocycles. The topological polar surface area (TPSA) is 58.6 Å². The van der Waals surface area contributed by atoms with Gasteiger partial charge in [0.05, 0.1) is 13.7 Å². The molecular weight excluding hydrogens is 216 g/mol. The van der Waals surface area contributed by atoms with Crippen molar-refractivity contribution in [1.29, 1.82) is 0 Å². The molecule has 0 aromatic carbocycles. The fourth-order valence-electron chi connectivity index (χ4n) is 1.01. The SMILES string of the molecule is COC(=O)N(Cc1cccs1)NC(C)=O. The molecule has 1 aromatic heterocycles. The summed E-state index contributed by atoms with van der Waals surface area (Å²) in [5.74, 6) is -0.308. The van der Waals surface area contributed by atoms with Gasteiger partial charge in [-0.15, -0.1) is 11.3 Å². The summed E-state index contributed by atoms with van der Waals surface area (Å²) in [5, 5.41) is 3.03. The van der Waals surface area contributed by atoms with Gasteiger partial charge < -0.3 is 4.74 Å². The third-order valence-corrected chi connectivity index (χ3v) is 2.44. The van der Waals surface area contributed by atoms with Crippen LogP contribution >= 0.6 is 11.3 Å². The Morgan fingerprint density at radius 2 is 2.33 bits per heavy atom. The predicted molar refractivity (Wildman–Crippen MR) is 56.1 cm³/mol. The van der Waals surface area contributed by atoms with E-state index in [1.54, 1.807) is 0 Å². The van der Waals surface area contributed by atoms with Gasteiger partial charge in [-0.1, -0.05) is 6.07 Å². The van der Waals surface area contributed by atoms with Gasteiger partial charge in [-0.2, -0.15) is 0 Å². The van der Waals surface area contributed by atoms with Gasteiger partial charge in [-0.3, -0.25) is 10.2 Å². The number of carbonyl (C=O) groups is 2. The Morgan fingerprint density at radius 1 is 1.60 bits per heavy atom. The number of hydrogen-bond acceptors (Lipinski definition) is 4. The molecule has 0 atom stereocenters. The molecule has 2 amide bonds.